The largest absolute Gasteiger partial charge is 0.452 e. The van der Waals surface area contributed by atoms with Crippen LogP contribution >= 0.6 is 11.3 Å². The molecule has 140 valence electrons. The fourth-order valence-electron chi connectivity index (χ4n) is 3.02. The highest BCUT2D eigenvalue weighted by molar-refractivity contribution is 7.07. The number of para-hydroxylation sites is 1. The number of hydrogen-bond acceptors (Lipinski definition) is 5. The first-order chi connectivity index (χ1) is 13.0. The van der Waals surface area contributed by atoms with Crippen LogP contribution in [-0.2, 0) is 22.5 Å². The molecule has 0 saturated carbocycles. The predicted molar refractivity (Wildman–Crippen MR) is 107 cm³/mol. The number of fused-ring (bicyclic) bond motifs is 1. The Bertz CT molecular complexity index is 967. The first-order valence-corrected chi connectivity index (χ1v) is 9.76. The summed E-state index contributed by atoms with van der Waals surface area (Å²) in [4.78, 5) is 31.3. The smallest absolute Gasteiger partial charge is 0.339 e. The van der Waals surface area contributed by atoms with Gasteiger partial charge in [-0.2, -0.15) is 11.3 Å². The Morgan fingerprint density at radius 1 is 1.22 bits per heavy atom. The Morgan fingerprint density at radius 3 is 2.70 bits per heavy atom. The number of rotatable bonds is 6. The van der Waals surface area contributed by atoms with E-state index in [0.717, 1.165) is 34.1 Å². The minimum absolute atomic E-state index is 0.235. The fraction of sp³-hybridized carbons (Fsp3) is 0.286. The summed E-state index contributed by atoms with van der Waals surface area (Å²) in [5, 5.41) is 4.71. The molecule has 5 nitrogen and oxygen atoms in total. The van der Waals surface area contributed by atoms with Crippen molar-refractivity contribution < 1.29 is 14.3 Å². The molecule has 0 aliphatic rings. The van der Waals surface area contributed by atoms with E-state index in [1.165, 1.54) is 0 Å². The van der Waals surface area contributed by atoms with Crippen LogP contribution in [0.25, 0.3) is 10.9 Å². The molecule has 0 spiro atoms. The molecule has 1 aromatic carbocycles. The summed E-state index contributed by atoms with van der Waals surface area (Å²) in [6.45, 7) is 4.09. The number of nitrogens with zero attached hydrogens (tertiary/aromatic N) is 2. The zero-order chi connectivity index (χ0) is 19.4. The van der Waals surface area contributed by atoms with Gasteiger partial charge in [0.2, 0.25) is 0 Å². The monoisotopic (exact) mass is 382 g/mol. The zero-order valence-corrected chi connectivity index (χ0v) is 16.5. The number of aryl methyl sites for hydroxylation is 1. The van der Waals surface area contributed by atoms with E-state index in [-0.39, 0.29) is 12.5 Å². The summed E-state index contributed by atoms with van der Waals surface area (Å²) in [6, 6.07) is 9.47. The van der Waals surface area contributed by atoms with E-state index in [1.807, 2.05) is 54.9 Å². The second kappa shape index (κ2) is 8.31. The number of benzene rings is 1. The Labute approximate surface area is 162 Å². The van der Waals surface area contributed by atoms with Gasteiger partial charge in [0, 0.05) is 24.7 Å². The number of likely N-dealkylation sites (N-methyl/N-ethyl adjacent to an activating group) is 1. The van der Waals surface area contributed by atoms with Crippen molar-refractivity contribution in [2.75, 3.05) is 13.7 Å². The van der Waals surface area contributed by atoms with Crippen molar-refractivity contribution in [1.29, 1.82) is 0 Å². The Morgan fingerprint density at radius 2 is 2.00 bits per heavy atom. The molecule has 2 heterocycles. The number of thiophene rings is 1. The normalized spacial score (nSPS) is 10.8. The van der Waals surface area contributed by atoms with Gasteiger partial charge < -0.3 is 9.64 Å². The standard InChI is InChI=1S/C21H22N2O3S/c1-4-17-14(2)20(16-7-5-6-8-18(16)22-17)21(25)26-12-19(24)23(3)11-15-9-10-27-13-15/h5-10,13H,4,11-12H2,1-3H3. The van der Waals surface area contributed by atoms with Crippen LogP contribution in [0.5, 0.6) is 0 Å². The van der Waals surface area contributed by atoms with Crippen LogP contribution in [-0.4, -0.2) is 35.4 Å². The molecule has 6 heteroatoms. The number of carbonyl (C=O) groups excluding carboxylic acids is 2. The SMILES string of the molecule is CCc1nc2ccccc2c(C(=O)OCC(=O)N(C)Cc2ccsc2)c1C. The number of hydrogen-bond donors (Lipinski definition) is 0. The molecule has 27 heavy (non-hydrogen) atoms. The predicted octanol–water partition coefficient (Wildman–Crippen LogP) is 3.98. The molecular weight excluding hydrogens is 360 g/mol. The third kappa shape index (κ3) is 4.17. The van der Waals surface area contributed by atoms with E-state index < -0.39 is 5.97 Å². The average molecular weight is 382 g/mol. The lowest BCUT2D eigenvalue weighted by molar-refractivity contribution is -0.133. The minimum Gasteiger partial charge on any atom is -0.452 e. The van der Waals surface area contributed by atoms with Gasteiger partial charge in [-0.15, -0.1) is 0 Å². The van der Waals surface area contributed by atoms with Crippen LogP contribution in [0.2, 0.25) is 0 Å². The Balaban J connectivity index is 1.76. The molecule has 1 amide bonds. The van der Waals surface area contributed by atoms with Gasteiger partial charge in [0.25, 0.3) is 5.91 Å². The van der Waals surface area contributed by atoms with Crippen molar-refractivity contribution in [1.82, 2.24) is 9.88 Å². The highest BCUT2D eigenvalue weighted by atomic mass is 32.1. The molecule has 0 saturated heterocycles. The van der Waals surface area contributed by atoms with Crippen molar-refractivity contribution in [2.24, 2.45) is 0 Å². The molecule has 0 unspecified atom stereocenters. The lowest BCUT2D eigenvalue weighted by Crippen LogP contribution is -2.30. The van der Waals surface area contributed by atoms with Crippen molar-refractivity contribution in [3.05, 3.63) is 63.5 Å². The molecule has 0 aliphatic heterocycles. The van der Waals surface area contributed by atoms with Gasteiger partial charge in [-0.1, -0.05) is 25.1 Å². The number of carbonyl (C=O) groups is 2. The second-order valence-corrected chi connectivity index (χ2v) is 7.17. The van der Waals surface area contributed by atoms with Crippen molar-refractivity contribution in [3.8, 4) is 0 Å². The van der Waals surface area contributed by atoms with E-state index >= 15 is 0 Å². The van der Waals surface area contributed by atoms with Crippen LogP contribution in [0.4, 0.5) is 0 Å². The lowest BCUT2D eigenvalue weighted by atomic mass is 10.0. The van der Waals surface area contributed by atoms with Gasteiger partial charge in [-0.05, 0) is 47.4 Å². The molecule has 2 aromatic heterocycles. The van der Waals surface area contributed by atoms with Gasteiger partial charge in [-0.25, -0.2) is 4.79 Å². The first-order valence-electron chi connectivity index (χ1n) is 8.81. The van der Waals surface area contributed by atoms with Gasteiger partial charge in [0.05, 0.1) is 11.1 Å². The number of aromatic nitrogens is 1. The molecule has 0 bridgehead atoms. The quantitative estimate of drug-likeness (QED) is 0.605. The molecule has 0 radical (unpaired) electrons. The molecule has 0 aliphatic carbocycles. The van der Waals surface area contributed by atoms with Crippen molar-refractivity contribution >= 4 is 34.1 Å². The minimum atomic E-state index is -0.488. The zero-order valence-electron chi connectivity index (χ0n) is 15.7. The fourth-order valence-corrected chi connectivity index (χ4v) is 3.68. The summed E-state index contributed by atoms with van der Waals surface area (Å²) < 4.78 is 5.36. The summed E-state index contributed by atoms with van der Waals surface area (Å²) in [5.74, 6) is -0.723. The van der Waals surface area contributed by atoms with Crippen LogP contribution in [0.15, 0.2) is 41.1 Å². The van der Waals surface area contributed by atoms with Gasteiger partial charge >= 0.3 is 5.97 Å². The summed E-state index contributed by atoms with van der Waals surface area (Å²) in [5.41, 5.74) is 3.98. The van der Waals surface area contributed by atoms with Crippen LogP contribution in [0.1, 0.15) is 34.1 Å². The Kier molecular flexibility index (Phi) is 5.86. The topological polar surface area (TPSA) is 59.5 Å². The van der Waals surface area contributed by atoms with Gasteiger partial charge in [-0.3, -0.25) is 9.78 Å². The molecule has 0 N–H and O–H groups in total. The number of esters is 1. The van der Waals surface area contributed by atoms with E-state index in [2.05, 4.69) is 4.98 Å². The number of amides is 1. The Hall–Kier alpha value is -2.73. The maximum absolute atomic E-state index is 12.8. The van der Waals surface area contributed by atoms with Gasteiger partial charge in [0.1, 0.15) is 0 Å². The number of ether oxygens (including phenoxy) is 1. The second-order valence-electron chi connectivity index (χ2n) is 6.39. The molecule has 0 atom stereocenters. The van der Waals surface area contributed by atoms with Crippen LogP contribution < -0.4 is 0 Å². The lowest BCUT2D eigenvalue weighted by Gasteiger charge is -2.17. The van der Waals surface area contributed by atoms with Gasteiger partial charge in [0.15, 0.2) is 6.61 Å². The molecule has 3 rings (SSSR count). The van der Waals surface area contributed by atoms with E-state index in [9.17, 15) is 9.59 Å². The highest BCUT2D eigenvalue weighted by Crippen LogP contribution is 2.24. The summed E-state index contributed by atoms with van der Waals surface area (Å²) in [7, 11) is 1.70. The van der Waals surface area contributed by atoms with E-state index in [0.29, 0.717) is 12.1 Å². The van der Waals surface area contributed by atoms with Crippen molar-refractivity contribution in [2.45, 2.75) is 26.8 Å². The third-order valence-electron chi connectivity index (χ3n) is 4.53. The van der Waals surface area contributed by atoms with E-state index in [1.54, 1.807) is 23.3 Å². The maximum Gasteiger partial charge on any atom is 0.339 e. The summed E-state index contributed by atoms with van der Waals surface area (Å²) in [6.07, 6.45) is 0.721. The highest BCUT2D eigenvalue weighted by Gasteiger charge is 2.20. The summed E-state index contributed by atoms with van der Waals surface area (Å²) >= 11 is 1.59. The molecule has 0 fully saturated rings. The van der Waals surface area contributed by atoms with Crippen molar-refractivity contribution in [3.63, 3.8) is 0 Å². The van der Waals surface area contributed by atoms with Crippen LogP contribution in [0.3, 0.4) is 0 Å². The van der Waals surface area contributed by atoms with E-state index in [4.69, 9.17) is 4.74 Å². The molecule has 3 aromatic rings. The first kappa shape index (κ1) is 19.0. The number of pyridine rings is 1. The van der Waals surface area contributed by atoms with Crippen LogP contribution in [0, 0.1) is 6.92 Å². The molecular formula is C21H22N2O3S. The average Bonchev–Trinajstić information content (AvgIpc) is 3.18. The third-order valence-corrected chi connectivity index (χ3v) is 5.26. The maximum atomic E-state index is 12.8.